The molecule has 1 saturated heterocycles. The van der Waals surface area contributed by atoms with Gasteiger partial charge in [-0.25, -0.2) is 0 Å². The van der Waals surface area contributed by atoms with Crippen molar-refractivity contribution < 1.29 is 9.32 Å². The molecule has 1 aliphatic rings. The van der Waals surface area contributed by atoms with Crippen LogP contribution in [0.1, 0.15) is 21.4 Å². The summed E-state index contributed by atoms with van der Waals surface area (Å²) in [6, 6.07) is 12.9. The number of carbonyl (C=O) groups is 1. The van der Waals surface area contributed by atoms with Crippen LogP contribution in [0.5, 0.6) is 0 Å². The second-order valence-electron chi connectivity index (χ2n) is 5.56. The maximum absolute atomic E-state index is 12.9. The molecule has 2 aromatic heterocycles. The summed E-state index contributed by atoms with van der Waals surface area (Å²) in [6.07, 6.45) is 3.36. The summed E-state index contributed by atoms with van der Waals surface area (Å²) in [5.74, 6) is 1.22. The van der Waals surface area contributed by atoms with E-state index in [1.807, 2.05) is 36.4 Å². The highest BCUT2D eigenvalue weighted by atomic mass is 35.5. The van der Waals surface area contributed by atoms with E-state index in [1.165, 1.54) is 0 Å². The average Bonchev–Trinajstić information content (AvgIpc) is 3.32. The number of nitrogens with zero attached hydrogens (tertiary/aromatic N) is 3. The molecule has 1 aromatic carbocycles. The lowest BCUT2D eigenvalue weighted by Crippen LogP contribution is -2.30. The Bertz CT molecular complexity index is 900. The summed E-state index contributed by atoms with van der Waals surface area (Å²) in [5, 5.41) is 4.50. The summed E-state index contributed by atoms with van der Waals surface area (Å²) in [5.41, 5.74) is 2.02. The molecule has 1 fully saturated rings. The maximum Gasteiger partial charge on any atom is 0.277 e. The quantitative estimate of drug-likeness (QED) is 0.687. The molecule has 0 spiro atoms. The molecular weight excluding hydrogens is 358 g/mol. The number of carbonyl (C=O) groups excluding carboxylic acids is 1. The summed E-state index contributed by atoms with van der Waals surface area (Å²) < 4.78 is 5.33. The van der Waals surface area contributed by atoms with Gasteiger partial charge in [-0.2, -0.15) is 0 Å². The number of aromatic nitrogens is 2. The van der Waals surface area contributed by atoms with Crippen molar-refractivity contribution in [1.82, 2.24) is 15.0 Å². The first-order valence-electron chi connectivity index (χ1n) is 7.78. The third-order valence-corrected chi connectivity index (χ3v) is 5.59. The maximum atomic E-state index is 12.9. The largest absolute Gasteiger partial charge is 0.355 e. The fourth-order valence-electron chi connectivity index (χ4n) is 2.78. The van der Waals surface area contributed by atoms with Crippen molar-refractivity contribution in [3.05, 3.63) is 71.1 Å². The molecule has 5 nitrogen and oxygen atoms in total. The van der Waals surface area contributed by atoms with Gasteiger partial charge in [-0.1, -0.05) is 35.0 Å². The molecule has 3 heterocycles. The first kappa shape index (κ1) is 16.2. The average molecular weight is 372 g/mol. The van der Waals surface area contributed by atoms with Crippen LogP contribution >= 0.6 is 23.4 Å². The first-order chi connectivity index (χ1) is 12.2. The van der Waals surface area contributed by atoms with Crippen LogP contribution in [0, 0.1) is 0 Å². The van der Waals surface area contributed by atoms with E-state index in [9.17, 15) is 4.79 Å². The predicted molar refractivity (Wildman–Crippen MR) is 97.4 cm³/mol. The number of hydrogen-bond donors (Lipinski definition) is 0. The molecule has 1 aliphatic heterocycles. The zero-order valence-corrected chi connectivity index (χ0v) is 14.7. The number of amides is 1. The van der Waals surface area contributed by atoms with Gasteiger partial charge in [0.2, 0.25) is 0 Å². The second-order valence-corrected chi connectivity index (χ2v) is 7.16. The van der Waals surface area contributed by atoms with E-state index in [0.717, 1.165) is 16.9 Å². The van der Waals surface area contributed by atoms with Crippen LogP contribution < -0.4 is 0 Å². The molecule has 25 heavy (non-hydrogen) atoms. The van der Waals surface area contributed by atoms with Crippen molar-refractivity contribution in [1.29, 1.82) is 0 Å². The lowest BCUT2D eigenvalue weighted by molar-refractivity contribution is 0.0750. The molecule has 0 radical (unpaired) electrons. The van der Waals surface area contributed by atoms with Crippen LogP contribution in [-0.2, 0) is 0 Å². The first-order valence-corrected chi connectivity index (χ1v) is 9.21. The van der Waals surface area contributed by atoms with Crippen molar-refractivity contribution >= 4 is 29.3 Å². The molecule has 0 bridgehead atoms. The lowest BCUT2D eigenvalue weighted by atomic mass is 10.2. The van der Waals surface area contributed by atoms with Gasteiger partial charge in [-0.15, -0.1) is 11.8 Å². The summed E-state index contributed by atoms with van der Waals surface area (Å²) in [7, 11) is 0. The fourth-order valence-corrected chi connectivity index (χ4v) is 4.37. The molecule has 0 aliphatic carbocycles. The van der Waals surface area contributed by atoms with Gasteiger partial charge in [0.05, 0.1) is 0 Å². The number of rotatable bonds is 3. The normalized spacial score (nSPS) is 17.0. The predicted octanol–water partition coefficient (Wildman–Crippen LogP) is 4.28. The third kappa shape index (κ3) is 3.15. The van der Waals surface area contributed by atoms with E-state index >= 15 is 0 Å². The summed E-state index contributed by atoms with van der Waals surface area (Å²) in [6.45, 7) is 0.647. The molecule has 126 valence electrons. The SMILES string of the molecule is O=C(c1cc(-c2cccnc2)on1)N1CCSC1c1ccccc1Cl. The minimum atomic E-state index is -0.159. The molecule has 0 N–H and O–H groups in total. The topological polar surface area (TPSA) is 59.2 Å². The van der Waals surface area contributed by atoms with Crippen molar-refractivity contribution in [2.75, 3.05) is 12.3 Å². The molecule has 0 saturated carbocycles. The number of halogens is 1. The summed E-state index contributed by atoms with van der Waals surface area (Å²) in [4.78, 5) is 18.8. The van der Waals surface area contributed by atoms with Gasteiger partial charge >= 0.3 is 0 Å². The monoisotopic (exact) mass is 371 g/mol. The highest BCUT2D eigenvalue weighted by molar-refractivity contribution is 7.99. The van der Waals surface area contributed by atoms with Gasteiger partial charge < -0.3 is 9.42 Å². The Morgan fingerprint density at radius 2 is 2.16 bits per heavy atom. The van der Waals surface area contributed by atoms with E-state index in [4.69, 9.17) is 16.1 Å². The van der Waals surface area contributed by atoms with Gasteiger partial charge in [0.1, 0.15) is 5.37 Å². The Labute approximate surface area is 154 Å². The van der Waals surface area contributed by atoms with E-state index in [2.05, 4.69) is 10.1 Å². The molecule has 4 rings (SSSR count). The van der Waals surface area contributed by atoms with E-state index < -0.39 is 0 Å². The zero-order valence-electron chi connectivity index (χ0n) is 13.1. The Morgan fingerprint density at radius 3 is 2.96 bits per heavy atom. The Hall–Kier alpha value is -2.31. The van der Waals surface area contributed by atoms with Gasteiger partial charge in [-0.3, -0.25) is 9.78 Å². The highest BCUT2D eigenvalue weighted by Gasteiger charge is 2.33. The Morgan fingerprint density at radius 1 is 1.28 bits per heavy atom. The molecule has 1 unspecified atom stereocenters. The van der Waals surface area contributed by atoms with E-state index in [0.29, 0.717) is 23.0 Å². The smallest absolute Gasteiger partial charge is 0.277 e. The third-order valence-electron chi connectivity index (χ3n) is 4.00. The molecule has 1 atom stereocenters. The molecule has 1 amide bonds. The lowest BCUT2D eigenvalue weighted by Gasteiger charge is -2.23. The van der Waals surface area contributed by atoms with Crippen LogP contribution in [-0.4, -0.2) is 33.2 Å². The molecular formula is C18H14ClN3O2S. The van der Waals surface area contributed by atoms with E-state index in [1.54, 1.807) is 35.1 Å². The van der Waals surface area contributed by atoms with Crippen LogP contribution in [0.15, 0.2) is 59.4 Å². The Kier molecular flexibility index (Phi) is 4.46. The van der Waals surface area contributed by atoms with Gasteiger partial charge in [0.25, 0.3) is 5.91 Å². The van der Waals surface area contributed by atoms with Gasteiger partial charge in [-0.05, 0) is 18.2 Å². The number of benzene rings is 1. The number of pyridine rings is 1. The number of hydrogen-bond acceptors (Lipinski definition) is 5. The zero-order chi connectivity index (χ0) is 17.2. The van der Waals surface area contributed by atoms with Crippen LogP contribution in [0.2, 0.25) is 5.02 Å². The summed E-state index contributed by atoms with van der Waals surface area (Å²) >= 11 is 8.01. The van der Waals surface area contributed by atoms with Crippen molar-refractivity contribution in [2.45, 2.75) is 5.37 Å². The van der Waals surface area contributed by atoms with Crippen LogP contribution in [0.4, 0.5) is 0 Å². The standard InChI is InChI=1S/C18H14ClN3O2S/c19-14-6-2-1-5-13(14)18-22(8-9-25-18)17(23)15-10-16(24-21-15)12-4-3-7-20-11-12/h1-7,10-11,18H,8-9H2. The van der Waals surface area contributed by atoms with Crippen LogP contribution in [0.25, 0.3) is 11.3 Å². The molecule has 7 heteroatoms. The minimum absolute atomic E-state index is 0.111. The van der Waals surface area contributed by atoms with Crippen LogP contribution in [0.3, 0.4) is 0 Å². The van der Waals surface area contributed by atoms with Crippen molar-refractivity contribution in [3.8, 4) is 11.3 Å². The van der Waals surface area contributed by atoms with E-state index in [-0.39, 0.29) is 11.3 Å². The van der Waals surface area contributed by atoms with Gasteiger partial charge in [0, 0.05) is 46.9 Å². The van der Waals surface area contributed by atoms with Crippen molar-refractivity contribution in [2.24, 2.45) is 0 Å². The Balaban J connectivity index is 1.60. The molecule has 3 aromatic rings. The fraction of sp³-hybridized carbons (Fsp3) is 0.167. The minimum Gasteiger partial charge on any atom is -0.355 e. The number of thioether (sulfide) groups is 1. The highest BCUT2D eigenvalue weighted by Crippen LogP contribution is 2.41. The van der Waals surface area contributed by atoms with Gasteiger partial charge in [0.15, 0.2) is 11.5 Å². The van der Waals surface area contributed by atoms with Crippen molar-refractivity contribution in [3.63, 3.8) is 0 Å². The second kappa shape index (κ2) is 6.90.